The van der Waals surface area contributed by atoms with E-state index in [4.69, 9.17) is 5.11 Å². The fourth-order valence-corrected chi connectivity index (χ4v) is 1.85. The second-order valence-electron chi connectivity index (χ2n) is 3.60. The van der Waals surface area contributed by atoms with Crippen LogP contribution in [0.1, 0.15) is 34.8 Å². The number of allylic oxidation sites excluding steroid dienone is 2. The maximum Gasteiger partial charge on any atom is 0.335 e. The van der Waals surface area contributed by atoms with Gasteiger partial charge in [-0.1, -0.05) is 12.1 Å². The van der Waals surface area contributed by atoms with Gasteiger partial charge < -0.3 is 5.11 Å². The van der Waals surface area contributed by atoms with Crippen LogP contribution in [0.2, 0.25) is 0 Å². The second-order valence-corrected chi connectivity index (χ2v) is 3.60. The molecule has 0 atom stereocenters. The molecule has 0 unspecified atom stereocenters. The van der Waals surface area contributed by atoms with E-state index in [1.54, 1.807) is 12.1 Å². The lowest BCUT2D eigenvalue weighted by molar-refractivity contribution is 0.0697. The zero-order chi connectivity index (χ0) is 10.1. The average molecular weight is 188 g/mol. The highest BCUT2D eigenvalue weighted by molar-refractivity contribution is 5.89. The summed E-state index contributed by atoms with van der Waals surface area (Å²) >= 11 is 0. The summed E-state index contributed by atoms with van der Waals surface area (Å²) in [4.78, 5) is 10.8. The van der Waals surface area contributed by atoms with E-state index in [0.717, 1.165) is 18.4 Å². The third kappa shape index (κ3) is 1.43. The fraction of sp³-hybridized carbons (Fsp3) is 0.250. The van der Waals surface area contributed by atoms with Crippen molar-refractivity contribution in [3.8, 4) is 0 Å². The van der Waals surface area contributed by atoms with Crippen molar-refractivity contribution in [1.82, 2.24) is 0 Å². The SMILES string of the molecule is CC1=CCCc2ccc(C(=O)O)cc21. The van der Waals surface area contributed by atoms with Gasteiger partial charge in [-0.2, -0.15) is 0 Å². The predicted molar refractivity (Wildman–Crippen MR) is 55.4 cm³/mol. The molecule has 1 aromatic carbocycles. The molecule has 0 aliphatic heterocycles. The van der Waals surface area contributed by atoms with Gasteiger partial charge >= 0.3 is 5.97 Å². The monoisotopic (exact) mass is 188 g/mol. The van der Waals surface area contributed by atoms with E-state index in [9.17, 15) is 4.79 Å². The molecule has 0 saturated carbocycles. The first-order chi connectivity index (χ1) is 6.68. The van der Waals surface area contributed by atoms with Crippen LogP contribution in [0.5, 0.6) is 0 Å². The highest BCUT2D eigenvalue weighted by Gasteiger charge is 2.12. The molecule has 2 rings (SSSR count). The Kier molecular flexibility index (Phi) is 2.12. The Morgan fingerprint density at radius 2 is 2.21 bits per heavy atom. The van der Waals surface area contributed by atoms with Gasteiger partial charge in [-0.05, 0) is 48.6 Å². The molecule has 14 heavy (non-hydrogen) atoms. The van der Waals surface area contributed by atoms with E-state index in [2.05, 4.69) is 6.08 Å². The van der Waals surface area contributed by atoms with E-state index >= 15 is 0 Å². The van der Waals surface area contributed by atoms with E-state index in [0.29, 0.717) is 5.56 Å². The van der Waals surface area contributed by atoms with Crippen molar-refractivity contribution < 1.29 is 9.90 Å². The van der Waals surface area contributed by atoms with Gasteiger partial charge in [0.1, 0.15) is 0 Å². The largest absolute Gasteiger partial charge is 0.478 e. The molecule has 0 saturated heterocycles. The highest BCUT2D eigenvalue weighted by atomic mass is 16.4. The van der Waals surface area contributed by atoms with E-state index in [-0.39, 0.29) is 0 Å². The maximum atomic E-state index is 10.8. The van der Waals surface area contributed by atoms with Crippen molar-refractivity contribution in [2.24, 2.45) is 0 Å². The number of fused-ring (bicyclic) bond motifs is 1. The number of rotatable bonds is 1. The topological polar surface area (TPSA) is 37.3 Å². The molecule has 0 fully saturated rings. The Balaban J connectivity index is 2.53. The zero-order valence-electron chi connectivity index (χ0n) is 8.08. The summed E-state index contributed by atoms with van der Waals surface area (Å²) in [6, 6.07) is 5.37. The molecule has 1 aliphatic carbocycles. The van der Waals surface area contributed by atoms with Crippen molar-refractivity contribution in [2.45, 2.75) is 19.8 Å². The van der Waals surface area contributed by atoms with Gasteiger partial charge in [-0.3, -0.25) is 0 Å². The van der Waals surface area contributed by atoms with E-state index in [1.807, 2.05) is 13.0 Å². The second kappa shape index (κ2) is 3.29. The molecule has 0 spiro atoms. The number of carbonyl (C=O) groups is 1. The first-order valence-electron chi connectivity index (χ1n) is 4.72. The molecule has 0 aromatic heterocycles. The van der Waals surface area contributed by atoms with Crippen molar-refractivity contribution in [3.63, 3.8) is 0 Å². The Bertz CT molecular complexity index is 416. The van der Waals surface area contributed by atoms with Crippen LogP contribution in [-0.2, 0) is 6.42 Å². The third-order valence-corrected chi connectivity index (χ3v) is 2.65. The highest BCUT2D eigenvalue weighted by Crippen LogP contribution is 2.26. The molecule has 0 bridgehead atoms. The average Bonchev–Trinajstić information content (AvgIpc) is 2.18. The minimum absolute atomic E-state index is 0.374. The Hall–Kier alpha value is -1.57. The number of carboxylic acid groups (broad SMARTS) is 1. The molecular weight excluding hydrogens is 176 g/mol. The van der Waals surface area contributed by atoms with Crippen LogP contribution in [0.15, 0.2) is 24.3 Å². The van der Waals surface area contributed by atoms with Gasteiger partial charge in [0.2, 0.25) is 0 Å². The first kappa shape index (κ1) is 9.00. The predicted octanol–water partition coefficient (Wildman–Crippen LogP) is 2.73. The minimum Gasteiger partial charge on any atom is -0.478 e. The summed E-state index contributed by atoms with van der Waals surface area (Å²) < 4.78 is 0. The van der Waals surface area contributed by atoms with Gasteiger partial charge in [-0.15, -0.1) is 0 Å². The Morgan fingerprint density at radius 1 is 1.43 bits per heavy atom. The third-order valence-electron chi connectivity index (χ3n) is 2.65. The smallest absolute Gasteiger partial charge is 0.335 e. The van der Waals surface area contributed by atoms with Crippen LogP contribution in [0.25, 0.3) is 5.57 Å². The minimum atomic E-state index is -0.855. The summed E-state index contributed by atoms with van der Waals surface area (Å²) in [6.07, 6.45) is 4.24. The summed E-state index contributed by atoms with van der Waals surface area (Å²) in [6.45, 7) is 2.03. The van der Waals surface area contributed by atoms with Crippen LogP contribution < -0.4 is 0 Å². The number of carboxylic acids is 1. The summed E-state index contributed by atoms with van der Waals surface area (Å²) in [5.74, 6) is -0.855. The normalized spacial score (nSPS) is 14.5. The zero-order valence-corrected chi connectivity index (χ0v) is 8.08. The number of benzene rings is 1. The van der Waals surface area contributed by atoms with Crippen molar-refractivity contribution in [2.75, 3.05) is 0 Å². The maximum absolute atomic E-state index is 10.8. The van der Waals surface area contributed by atoms with Gasteiger partial charge in [-0.25, -0.2) is 4.79 Å². The number of hydrogen-bond donors (Lipinski definition) is 1. The lowest BCUT2D eigenvalue weighted by Gasteiger charge is -2.15. The van der Waals surface area contributed by atoms with Crippen molar-refractivity contribution in [1.29, 1.82) is 0 Å². The van der Waals surface area contributed by atoms with Gasteiger partial charge in [0.05, 0.1) is 5.56 Å². The molecule has 0 heterocycles. The quantitative estimate of drug-likeness (QED) is 0.735. The Labute approximate surface area is 82.9 Å². The van der Waals surface area contributed by atoms with Gasteiger partial charge in [0.15, 0.2) is 0 Å². The lowest BCUT2D eigenvalue weighted by Crippen LogP contribution is -2.02. The van der Waals surface area contributed by atoms with Crippen LogP contribution in [0.3, 0.4) is 0 Å². The number of hydrogen-bond acceptors (Lipinski definition) is 1. The van der Waals surface area contributed by atoms with Gasteiger partial charge in [0.25, 0.3) is 0 Å². The molecule has 1 N–H and O–H groups in total. The summed E-state index contributed by atoms with van der Waals surface area (Å²) in [7, 11) is 0. The standard InChI is InChI=1S/C12H12O2/c1-8-3-2-4-9-5-6-10(12(13)14)7-11(8)9/h3,5-7H,2,4H2,1H3,(H,13,14). The van der Waals surface area contributed by atoms with Crippen molar-refractivity contribution >= 4 is 11.5 Å². The Morgan fingerprint density at radius 3 is 2.93 bits per heavy atom. The molecule has 72 valence electrons. The van der Waals surface area contributed by atoms with Crippen molar-refractivity contribution in [3.05, 3.63) is 41.0 Å². The molecule has 0 radical (unpaired) electrons. The van der Waals surface area contributed by atoms with Crippen LogP contribution in [0, 0.1) is 0 Å². The summed E-state index contributed by atoms with van der Waals surface area (Å²) in [5.41, 5.74) is 3.92. The molecule has 2 nitrogen and oxygen atoms in total. The molecule has 2 heteroatoms. The molecule has 1 aliphatic rings. The first-order valence-corrected chi connectivity index (χ1v) is 4.72. The number of aryl methyl sites for hydroxylation is 1. The summed E-state index contributed by atoms with van der Waals surface area (Å²) in [5, 5.41) is 8.85. The fourth-order valence-electron chi connectivity index (χ4n) is 1.85. The van der Waals surface area contributed by atoms with Gasteiger partial charge in [0, 0.05) is 0 Å². The van der Waals surface area contributed by atoms with Crippen LogP contribution >= 0.6 is 0 Å². The van der Waals surface area contributed by atoms with Crippen LogP contribution in [-0.4, -0.2) is 11.1 Å². The molecule has 1 aromatic rings. The van der Waals surface area contributed by atoms with E-state index < -0.39 is 5.97 Å². The van der Waals surface area contributed by atoms with E-state index in [1.165, 1.54) is 11.1 Å². The number of aromatic carboxylic acids is 1. The molecule has 0 amide bonds. The van der Waals surface area contributed by atoms with Crippen LogP contribution in [0.4, 0.5) is 0 Å². The lowest BCUT2D eigenvalue weighted by atomic mass is 9.90. The molecular formula is C12H12O2.